The Morgan fingerprint density at radius 2 is 2.23 bits per heavy atom. The average Bonchev–Trinajstić information content (AvgIpc) is 2.86. The molecule has 1 saturated heterocycles. The third kappa shape index (κ3) is 4.42. The maximum atomic E-state index is 12.6. The number of nitrogens with one attached hydrogen (secondary N) is 1. The molecule has 2 atom stereocenters. The maximum Gasteiger partial charge on any atom is 0.259 e. The Morgan fingerprint density at radius 3 is 2.92 bits per heavy atom. The molecule has 1 aliphatic heterocycles. The highest BCUT2D eigenvalue weighted by atomic mass is 35.5. The summed E-state index contributed by atoms with van der Waals surface area (Å²) in [7, 11) is 0. The molecule has 144 valence electrons. The predicted octanol–water partition coefficient (Wildman–Crippen LogP) is 2.59. The molecule has 1 fully saturated rings. The van der Waals surface area contributed by atoms with Crippen LogP contribution in [0, 0.1) is 13.8 Å². The van der Waals surface area contributed by atoms with Crippen molar-refractivity contribution < 1.29 is 4.79 Å². The zero-order valence-corrected chi connectivity index (χ0v) is 17.7. The van der Waals surface area contributed by atoms with Crippen molar-refractivity contribution in [3.63, 3.8) is 0 Å². The average molecular weight is 417 g/mol. The lowest BCUT2D eigenvalue weighted by atomic mass is 10.1. The number of aromatic amines is 1. The summed E-state index contributed by atoms with van der Waals surface area (Å²) in [6.45, 7) is 7.27. The highest BCUT2D eigenvalue weighted by Gasteiger charge is 2.25. The number of aromatic nitrogens is 2. The van der Waals surface area contributed by atoms with Crippen LogP contribution in [0.1, 0.15) is 36.0 Å². The van der Waals surface area contributed by atoms with E-state index in [-0.39, 0.29) is 35.2 Å². The Balaban J connectivity index is 0.00000243. The minimum Gasteiger partial charge on any atom is -0.340 e. The minimum absolute atomic E-state index is 0. The number of carbonyl (C=O) groups is 1. The molecule has 2 aromatic rings. The topological polar surface area (TPSA) is 92.1 Å². The van der Waals surface area contributed by atoms with Gasteiger partial charge in [0.2, 0.25) is 5.91 Å². The summed E-state index contributed by atoms with van der Waals surface area (Å²) in [4.78, 5) is 36.0. The van der Waals surface area contributed by atoms with Crippen molar-refractivity contribution in [2.24, 2.45) is 5.73 Å². The van der Waals surface area contributed by atoms with E-state index in [1.807, 2.05) is 25.7 Å². The smallest absolute Gasteiger partial charge is 0.259 e. The molecule has 2 unspecified atom stereocenters. The van der Waals surface area contributed by atoms with Crippen molar-refractivity contribution in [3.8, 4) is 0 Å². The number of nitrogens with zero attached hydrogens (tertiary/aromatic N) is 2. The molecule has 26 heavy (non-hydrogen) atoms. The van der Waals surface area contributed by atoms with Crippen LogP contribution in [0.2, 0.25) is 0 Å². The second-order valence-corrected chi connectivity index (χ2v) is 9.15. The van der Waals surface area contributed by atoms with E-state index in [9.17, 15) is 9.59 Å². The highest BCUT2D eigenvalue weighted by Crippen LogP contribution is 2.27. The van der Waals surface area contributed by atoms with E-state index in [1.54, 1.807) is 11.3 Å². The monoisotopic (exact) mass is 416 g/mol. The number of amides is 1. The first-order valence-corrected chi connectivity index (χ1v) is 10.4. The lowest BCUT2D eigenvalue weighted by Gasteiger charge is -2.32. The van der Waals surface area contributed by atoms with Crippen molar-refractivity contribution in [2.45, 2.75) is 50.7 Å². The zero-order valence-electron chi connectivity index (χ0n) is 15.2. The summed E-state index contributed by atoms with van der Waals surface area (Å²) in [6, 6.07) is 0.0839. The minimum atomic E-state index is -0.182. The number of likely N-dealkylation sites (tertiary alicyclic amines) is 1. The molecule has 0 saturated carbocycles. The SMILES string of the molecule is Cc1sc2nc(CSC(C)C(=O)N3CCCC(N)C3)[nH]c(=O)c2c1C.Cl. The maximum absolute atomic E-state index is 12.6. The van der Waals surface area contributed by atoms with Gasteiger partial charge in [-0.25, -0.2) is 4.98 Å². The van der Waals surface area contributed by atoms with Crippen LogP contribution >= 0.6 is 35.5 Å². The molecule has 0 spiro atoms. The van der Waals surface area contributed by atoms with E-state index in [0.29, 0.717) is 23.5 Å². The number of rotatable bonds is 4. The van der Waals surface area contributed by atoms with Crippen LogP contribution in [0.25, 0.3) is 10.2 Å². The lowest BCUT2D eigenvalue weighted by Crippen LogP contribution is -2.48. The molecule has 1 amide bonds. The number of hydrogen-bond acceptors (Lipinski definition) is 6. The van der Waals surface area contributed by atoms with Gasteiger partial charge in [0.15, 0.2) is 0 Å². The predicted molar refractivity (Wildman–Crippen MR) is 112 cm³/mol. The van der Waals surface area contributed by atoms with Gasteiger partial charge in [-0.15, -0.1) is 35.5 Å². The number of carbonyl (C=O) groups excluding carboxylic acids is 1. The van der Waals surface area contributed by atoms with Crippen LogP contribution in [0.15, 0.2) is 4.79 Å². The van der Waals surface area contributed by atoms with Crippen LogP contribution in [-0.2, 0) is 10.5 Å². The standard InChI is InChI=1S/C17H24N4O2S2.ClH/c1-9-10(2)25-16-14(9)15(22)19-13(20-16)8-24-11(3)17(23)21-6-4-5-12(18)7-21;/h11-12H,4-8,18H2,1-3H3,(H,19,20,22);1H. The number of hydrogen-bond donors (Lipinski definition) is 2. The first kappa shape index (κ1) is 21.2. The Hall–Kier alpha value is -1.09. The van der Waals surface area contributed by atoms with E-state index in [2.05, 4.69) is 9.97 Å². The third-order valence-electron chi connectivity index (χ3n) is 4.68. The van der Waals surface area contributed by atoms with Crippen LogP contribution in [0.3, 0.4) is 0 Å². The van der Waals surface area contributed by atoms with Crippen LogP contribution < -0.4 is 11.3 Å². The molecular formula is C17H25ClN4O2S2. The van der Waals surface area contributed by atoms with Crippen molar-refractivity contribution >= 4 is 51.6 Å². The number of piperidine rings is 1. The van der Waals surface area contributed by atoms with Gasteiger partial charge in [-0.05, 0) is 39.2 Å². The van der Waals surface area contributed by atoms with Gasteiger partial charge >= 0.3 is 0 Å². The van der Waals surface area contributed by atoms with Gasteiger partial charge in [-0.1, -0.05) is 0 Å². The van der Waals surface area contributed by atoms with E-state index in [1.165, 1.54) is 11.8 Å². The molecule has 3 rings (SSSR count). The molecule has 6 nitrogen and oxygen atoms in total. The van der Waals surface area contributed by atoms with Crippen LogP contribution in [0.4, 0.5) is 0 Å². The number of H-pyrrole nitrogens is 1. The molecule has 0 aliphatic carbocycles. The summed E-state index contributed by atoms with van der Waals surface area (Å²) < 4.78 is 0. The van der Waals surface area contributed by atoms with Crippen molar-refractivity contribution in [1.82, 2.24) is 14.9 Å². The molecular weight excluding hydrogens is 392 g/mol. The summed E-state index contributed by atoms with van der Waals surface area (Å²) in [5.41, 5.74) is 6.87. The van der Waals surface area contributed by atoms with Gasteiger partial charge in [-0.3, -0.25) is 9.59 Å². The largest absolute Gasteiger partial charge is 0.340 e. The molecule has 3 heterocycles. The van der Waals surface area contributed by atoms with Gasteiger partial charge in [0.25, 0.3) is 5.56 Å². The number of thiophene rings is 1. The summed E-state index contributed by atoms with van der Waals surface area (Å²) in [6.07, 6.45) is 1.95. The van der Waals surface area contributed by atoms with Crippen LogP contribution in [-0.4, -0.2) is 45.2 Å². The van der Waals surface area contributed by atoms with Gasteiger partial charge in [-0.2, -0.15) is 0 Å². The number of fused-ring (bicyclic) bond motifs is 1. The first-order chi connectivity index (χ1) is 11.9. The van der Waals surface area contributed by atoms with Gasteiger partial charge in [0, 0.05) is 24.0 Å². The van der Waals surface area contributed by atoms with E-state index in [4.69, 9.17) is 5.73 Å². The fourth-order valence-electron chi connectivity index (χ4n) is 3.11. The van der Waals surface area contributed by atoms with E-state index in [0.717, 1.165) is 34.7 Å². The van der Waals surface area contributed by atoms with Gasteiger partial charge in [0.1, 0.15) is 10.7 Å². The van der Waals surface area contributed by atoms with Gasteiger partial charge < -0.3 is 15.6 Å². The second-order valence-electron chi connectivity index (χ2n) is 6.62. The van der Waals surface area contributed by atoms with E-state index >= 15 is 0 Å². The molecule has 9 heteroatoms. The number of aryl methyl sites for hydroxylation is 2. The number of nitrogens with two attached hydrogens (primary N) is 1. The van der Waals surface area contributed by atoms with E-state index < -0.39 is 0 Å². The molecule has 0 bridgehead atoms. The fourth-order valence-corrected chi connectivity index (χ4v) is 5.00. The second kappa shape index (κ2) is 8.73. The molecule has 3 N–H and O–H groups in total. The van der Waals surface area contributed by atoms with Crippen molar-refractivity contribution in [2.75, 3.05) is 13.1 Å². The van der Waals surface area contributed by atoms with Crippen LogP contribution in [0.5, 0.6) is 0 Å². The lowest BCUT2D eigenvalue weighted by molar-refractivity contribution is -0.131. The Labute approximate surface area is 167 Å². The number of thioether (sulfide) groups is 1. The Bertz CT molecular complexity index is 851. The fraction of sp³-hybridized carbons (Fsp3) is 0.588. The Kier molecular flexibility index (Phi) is 7.12. The Morgan fingerprint density at radius 1 is 1.50 bits per heavy atom. The quantitative estimate of drug-likeness (QED) is 0.799. The molecule has 2 aromatic heterocycles. The summed E-state index contributed by atoms with van der Waals surface area (Å²) in [5, 5.41) is 0.501. The summed E-state index contributed by atoms with van der Waals surface area (Å²) >= 11 is 3.04. The first-order valence-electron chi connectivity index (χ1n) is 8.51. The normalized spacial score (nSPS) is 18.6. The highest BCUT2D eigenvalue weighted by molar-refractivity contribution is 7.99. The van der Waals surface area contributed by atoms with Crippen molar-refractivity contribution in [3.05, 3.63) is 26.6 Å². The zero-order chi connectivity index (χ0) is 18.1. The number of halogens is 1. The molecule has 1 aliphatic rings. The third-order valence-corrected chi connectivity index (χ3v) is 6.92. The molecule has 0 radical (unpaired) electrons. The van der Waals surface area contributed by atoms with Crippen molar-refractivity contribution in [1.29, 1.82) is 0 Å². The summed E-state index contributed by atoms with van der Waals surface area (Å²) in [5.74, 6) is 1.25. The molecule has 0 aromatic carbocycles. The van der Waals surface area contributed by atoms with Gasteiger partial charge in [0.05, 0.1) is 16.4 Å².